The van der Waals surface area contributed by atoms with Crippen molar-refractivity contribution < 1.29 is 19.5 Å². The molecule has 1 rings (SSSR count). The molecule has 0 spiro atoms. The number of hydrogen-bond acceptors (Lipinski definition) is 3. The first-order valence-electron chi connectivity index (χ1n) is 7.00. The summed E-state index contributed by atoms with van der Waals surface area (Å²) in [6.45, 7) is 2.93. The summed E-state index contributed by atoms with van der Waals surface area (Å²) in [6, 6.07) is -1.18. The van der Waals surface area contributed by atoms with Crippen LogP contribution in [0.4, 0.5) is 4.79 Å². The first kappa shape index (κ1) is 16.3. The van der Waals surface area contributed by atoms with Gasteiger partial charge in [0.1, 0.15) is 6.04 Å². The third-order valence-corrected chi connectivity index (χ3v) is 3.56. The minimum Gasteiger partial charge on any atom is -0.480 e. The summed E-state index contributed by atoms with van der Waals surface area (Å²) in [7, 11) is 0. The van der Waals surface area contributed by atoms with Gasteiger partial charge in [0, 0.05) is 19.5 Å². The van der Waals surface area contributed by atoms with Gasteiger partial charge in [0.25, 0.3) is 0 Å². The number of piperidine rings is 1. The highest BCUT2D eigenvalue weighted by atomic mass is 16.4. The maximum Gasteiger partial charge on any atom is 0.326 e. The van der Waals surface area contributed by atoms with E-state index in [1.807, 2.05) is 6.92 Å². The zero-order valence-corrected chi connectivity index (χ0v) is 11.8. The molecule has 1 saturated heterocycles. The lowest BCUT2D eigenvalue weighted by Gasteiger charge is -2.32. The molecule has 0 aliphatic carbocycles. The van der Waals surface area contributed by atoms with Gasteiger partial charge in [-0.05, 0) is 25.2 Å². The first-order chi connectivity index (χ1) is 9.43. The molecule has 1 aliphatic heterocycles. The minimum atomic E-state index is -1.01. The number of nitrogens with zero attached hydrogens (tertiary/aromatic N) is 1. The fourth-order valence-electron chi connectivity index (χ4n) is 2.41. The van der Waals surface area contributed by atoms with Crippen molar-refractivity contribution in [1.82, 2.24) is 10.2 Å². The Labute approximate surface area is 118 Å². The van der Waals surface area contributed by atoms with Crippen LogP contribution in [0.15, 0.2) is 0 Å². The zero-order valence-electron chi connectivity index (χ0n) is 11.8. The molecule has 114 valence electrons. The van der Waals surface area contributed by atoms with E-state index in [-0.39, 0.29) is 17.9 Å². The Morgan fingerprint density at radius 2 is 1.95 bits per heavy atom. The molecule has 1 aliphatic rings. The lowest BCUT2D eigenvalue weighted by atomic mass is 9.93. The Bertz CT molecular complexity index is 365. The largest absolute Gasteiger partial charge is 0.480 e. The van der Waals surface area contributed by atoms with Crippen molar-refractivity contribution in [3.63, 3.8) is 0 Å². The minimum absolute atomic E-state index is 0.225. The molecular formula is C13H23N3O4. The highest BCUT2D eigenvalue weighted by molar-refractivity contribution is 5.82. The summed E-state index contributed by atoms with van der Waals surface area (Å²) in [5.41, 5.74) is 5.15. The van der Waals surface area contributed by atoms with Crippen LogP contribution in [0.1, 0.15) is 39.0 Å². The highest BCUT2D eigenvalue weighted by Crippen LogP contribution is 2.20. The van der Waals surface area contributed by atoms with E-state index in [4.69, 9.17) is 10.8 Å². The quantitative estimate of drug-likeness (QED) is 0.661. The predicted octanol–water partition coefficient (Wildman–Crippen LogP) is 0.537. The second-order valence-corrected chi connectivity index (χ2v) is 5.23. The number of carboxylic acid groups (broad SMARTS) is 1. The van der Waals surface area contributed by atoms with Gasteiger partial charge < -0.3 is 21.1 Å². The number of amides is 3. The van der Waals surface area contributed by atoms with Gasteiger partial charge in [-0.15, -0.1) is 0 Å². The number of likely N-dealkylation sites (tertiary alicyclic amines) is 1. The number of urea groups is 1. The van der Waals surface area contributed by atoms with Gasteiger partial charge in [-0.25, -0.2) is 9.59 Å². The number of nitrogens with one attached hydrogen (secondary N) is 1. The Morgan fingerprint density at radius 3 is 2.40 bits per heavy atom. The summed E-state index contributed by atoms with van der Waals surface area (Å²) in [5.74, 6) is -1.10. The predicted molar refractivity (Wildman–Crippen MR) is 73.0 cm³/mol. The van der Waals surface area contributed by atoms with Crippen molar-refractivity contribution >= 4 is 17.9 Å². The van der Waals surface area contributed by atoms with E-state index in [1.165, 1.54) is 0 Å². The van der Waals surface area contributed by atoms with Crippen LogP contribution in [0.25, 0.3) is 0 Å². The second-order valence-electron chi connectivity index (χ2n) is 5.23. The molecule has 0 aromatic heterocycles. The van der Waals surface area contributed by atoms with Gasteiger partial charge in [0.05, 0.1) is 0 Å². The van der Waals surface area contributed by atoms with E-state index >= 15 is 0 Å². The zero-order chi connectivity index (χ0) is 15.1. The number of nitrogens with two attached hydrogens (primary N) is 1. The van der Waals surface area contributed by atoms with E-state index in [1.54, 1.807) is 4.90 Å². The van der Waals surface area contributed by atoms with Crippen molar-refractivity contribution in [2.75, 3.05) is 13.1 Å². The van der Waals surface area contributed by atoms with E-state index in [9.17, 15) is 14.4 Å². The summed E-state index contributed by atoms with van der Waals surface area (Å²) in [5, 5.41) is 11.5. The fourth-order valence-corrected chi connectivity index (χ4v) is 2.41. The van der Waals surface area contributed by atoms with Crippen molar-refractivity contribution in [2.24, 2.45) is 11.7 Å². The molecule has 0 aromatic rings. The molecule has 1 heterocycles. The second kappa shape index (κ2) is 7.72. The van der Waals surface area contributed by atoms with Gasteiger partial charge in [-0.2, -0.15) is 0 Å². The molecule has 7 heteroatoms. The third-order valence-electron chi connectivity index (χ3n) is 3.56. The Kier molecular flexibility index (Phi) is 6.27. The average molecular weight is 285 g/mol. The van der Waals surface area contributed by atoms with Crippen molar-refractivity contribution in [3.05, 3.63) is 0 Å². The smallest absolute Gasteiger partial charge is 0.326 e. The number of rotatable bonds is 6. The van der Waals surface area contributed by atoms with Crippen LogP contribution in [-0.2, 0) is 9.59 Å². The van der Waals surface area contributed by atoms with E-state index in [0.29, 0.717) is 32.4 Å². The van der Waals surface area contributed by atoms with Crippen LogP contribution in [0, 0.1) is 5.92 Å². The van der Waals surface area contributed by atoms with Gasteiger partial charge >= 0.3 is 12.0 Å². The Morgan fingerprint density at radius 1 is 1.35 bits per heavy atom. The van der Waals surface area contributed by atoms with Gasteiger partial charge in [-0.3, -0.25) is 4.79 Å². The van der Waals surface area contributed by atoms with Gasteiger partial charge in [0.15, 0.2) is 0 Å². The number of aliphatic carboxylic acids is 1. The summed E-state index contributed by atoms with van der Waals surface area (Å²) in [4.78, 5) is 35.4. The van der Waals surface area contributed by atoms with E-state index in [2.05, 4.69) is 5.32 Å². The molecule has 0 radical (unpaired) electrons. The lowest BCUT2D eigenvalue weighted by Crippen LogP contribution is -2.50. The van der Waals surface area contributed by atoms with Crippen LogP contribution in [0.5, 0.6) is 0 Å². The molecule has 0 bridgehead atoms. The average Bonchev–Trinajstić information content (AvgIpc) is 2.38. The molecule has 20 heavy (non-hydrogen) atoms. The molecule has 0 unspecified atom stereocenters. The van der Waals surface area contributed by atoms with Gasteiger partial charge in [-0.1, -0.05) is 13.3 Å². The molecule has 0 aromatic carbocycles. The molecule has 3 amide bonds. The van der Waals surface area contributed by atoms with Crippen LogP contribution in [-0.4, -0.2) is 47.0 Å². The van der Waals surface area contributed by atoms with Crippen molar-refractivity contribution in [3.8, 4) is 0 Å². The first-order valence-corrected chi connectivity index (χ1v) is 7.00. The van der Waals surface area contributed by atoms with Crippen molar-refractivity contribution in [2.45, 2.75) is 45.1 Å². The topological polar surface area (TPSA) is 113 Å². The number of hydrogen-bond donors (Lipinski definition) is 3. The van der Waals surface area contributed by atoms with Crippen LogP contribution in [0.2, 0.25) is 0 Å². The highest BCUT2D eigenvalue weighted by Gasteiger charge is 2.26. The fraction of sp³-hybridized carbons (Fsp3) is 0.769. The number of carbonyl (C=O) groups excluding carboxylic acids is 2. The molecule has 7 nitrogen and oxygen atoms in total. The number of carboxylic acids is 1. The number of primary amides is 1. The van der Waals surface area contributed by atoms with Gasteiger partial charge in [0.2, 0.25) is 5.91 Å². The Balaban J connectivity index is 2.42. The SMILES string of the molecule is CCC[C@H](NC(=O)N1CCC(CC(N)=O)CC1)C(=O)O. The van der Waals surface area contributed by atoms with Crippen LogP contribution >= 0.6 is 0 Å². The standard InChI is InChI=1S/C13H23N3O4/c1-2-3-10(12(18)19)15-13(20)16-6-4-9(5-7-16)8-11(14)17/h9-10H,2-8H2,1H3,(H2,14,17)(H,15,20)(H,18,19)/t10-/m0/s1. The van der Waals surface area contributed by atoms with Crippen molar-refractivity contribution in [1.29, 1.82) is 0 Å². The van der Waals surface area contributed by atoms with Crippen LogP contribution < -0.4 is 11.1 Å². The van der Waals surface area contributed by atoms with Crippen LogP contribution in [0.3, 0.4) is 0 Å². The van der Waals surface area contributed by atoms with E-state index < -0.39 is 12.0 Å². The third kappa shape index (κ3) is 5.07. The molecule has 1 atom stereocenters. The van der Waals surface area contributed by atoms with E-state index in [0.717, 1.165) is 12.8 Å². The Hall–Kier alpha value is -1.79. The lowest BCUT2D eigenvalue weighted by molar-refractivity contribution is -0.139. The molecule has 0 saturated carbocycles. The monoisotopic (exact) mass is 285 g/mol. The maximum atomic E-state index is 12.0. The number of carbonyl (C=O) groups is 3. The molecule has 1 fully saturated rings. The summed E-state index contributed by atoms with van der Waals surface area (Å²) >= 11 is 0. The normalized spacial score (nSPS) is 17.6. The maximum absolute atomic E-state index is 12.0. The summed E-state index contributed by atoms with van der Waals surface area (Å²) in [6.07, 6.45) is 2.91. The molecular weight excluding hydrogens is 262 g/mol. The summed E-state index contributed by atoms with van der Waals surface area (Å²) < 4.78 is 0. The molecule has 4 N–H and O–H groups in total.